The van der Waals surface area contributed by atoms with Crippen LogP contribution in [0.5, 0.6) is 0 Å². The molecule has 0 aliphatic carbocycles. The molecule has 116 valence electrons. The number of hydrogen-bond acceptors (Lipinski definition) is 2. The van der Waals surface area contributed by atoms with Gasteiger partial charge in [-0.2, -0.15) is 0 Å². The Morgan fingerprint density at radius 1 is 0.950 bits per heavy atom. The number of rotatable bonds is 10. The first kappa shape index (κ1) is 19.1. The fourth-order valence-corrected chi connectivity index (χ4v) is 2.08. The van der Waals surface area contributed by atoms with Crippen LogP contribution >= 0.6 is 0 Å². The molecule has 2 nitrogen and oxygen atoms in total. The van der Waals surface area contributed by atoms with Crippen LogP contribution in [0, 0.1) is 0 Å². The van der Waals surface area contributed by atoms with Crippen LogP contribution in [-0.4, -0.2) is 16.5 Å². The number of Topliss-reactive ketones (excluding diaryl/α,β-unsaturated/α-hetero) is 1. The largest absolute Gasteiger partial charge is 0.390 e. The highest BCUT2D eigenvalue weighted by molar-refractivity contribution is 5.75. The van der Waals surface area contributed by atoms with Crippen molar-refractivity contribution < 1.29 is 9.90 Å². The quantitative estimate of drug-likeness (QED) is 0.574. The molecule has 0 aromatic rings. The molecule has 0 atom stereocenters. The summed E-state index contributed by atoms with van der Waals surface area (Å²) < 4.78 is 0. The summed E-state index contributed by atoms with van der Waals surface area (Å²) in [6.45, 7) is 9.66. The van der Waals surface area contributed by atoms with Crippen LogP contribution in [0.4, 0.5) is 0 Å². The first-order valence-corrected chi connectivity index (χ1v) is 7.74. The molecule has 0 aliphatic heterocycles. The summed E-state index contributed by atoms with van der Waals surface area (Å²) in [4.78, 5) is 10.9. The summed E-state index contributed by atoms with van der Waals surface area (Å²) >= 11 is 0. The average molecular weight is 280 g/mol. The van der Waals surface area contributed by atoms with Crippen molar-refractivity contribution in [1.82, 2.24) is 0 Å². The van der Waals surface area contributed by atoms with E-state index in [4.69, 9.17) is 0 Å². The number of allylic oxidation sites excluding steroid dienone is 4. The zero-order valence-electron chi connectivity index (χ0n) is 14.0. The van der Waals surface area contributed by atoms with Gasteiger partial charge >= 0.3 is 0 Å². The number of carbonyl (C=O) groups is 1. The molecule has 1 N–H and O–H groups in total. The van der Waals surface area contributed by atoms with E-state index in [1.165, 1.54) is 11.1 Å². The SMILES string of the molecule is CC(=O)CCCC(C)=CCC=C(C)CCCC(C)(C)O. The van der Waals surface area contributed by atoms with Gasteiger partial charge in [-0.25, -0.2) is 0 Å². The Morgan fingerprint density at radius 2 is 1.45 bits per heavy atom. The Kier molecular flexibility index (Phi) is 9.49. The van der Waals surface area contributed by atoms with Crippen LogP contribution in [0.15, 0.2) is 23.3 Å². The molecule has 0 aromatic heterocycles. The van der Waals surface area contributed by atoms with Crippen LogP contribution in [0.3, 0.4) is 0 Å². The van der Waals surface area contributed by atoms with Gasteiger partial charge in [0.15, 0.2) is 0 Å². The molecule has 0 rings (SSSR count). The van der Waals surface area contributed by atoms with Crippen molar-refractivity contribution in [2.75, 3.05) is 0 Å². The summed E-state index contributed by atoms with van der Waals surface area (Å²) in [5.41, 5.74) is 2.21. The van der Waals surface area contributed by atoms with E-state index in [9.17, 15) is 9.90 Å². The summed E-state index contributed by atoms with van der Waals surface area (Å²) in [5, 5.41) is 9.65. The minimum absolute atomic E-state index is 0.278. The maximum Gasteiger partial charge on any atom is 0.129 e. The van der Waals surface area contributed by atoms with Crippen molar-refractivity contribution in [2.45, 2.75) is 85.2 Å². The fourth-order valence-electron chi connectivity index (χ4n) is 2.08. The van der Waals surface area contributed by atoms with Gasteiger partial charge in [-0.05, 0) is 73.1 Å². The summed E-state index contributed by atoms with van der Waals surface area (Å²) in [6.07, 6.45) is 11.1. The van der Waals surface area contributed by atoms with Crippen LogP contribution in [-0.2, 0) is 4.79 Å². The van der Waals surface area contributed by atoms with Crippen molar-refractivity contribution in [3.63, 3.8) is 0 Å². The molecule has 0 unspecified atom stereocenters. The summed E-state index contributed by atoms with van der Waals surface area (Å²) in [7, 11) is 0. The highest BCUT2D eigenvalue weighted by Gasteiger charge is 2.10. The maximum absolute atomic E-state index is 10.9. The van der Waals surface area contributed by atoms with Gasteiger partial charge < -0.3 is 9.90 Å². The van der Waals surface area contributed by atoms with E-state index in [0.29, 0.717) is 6.42 Å². The van der Waals surface area contributed by atoms with Crippen molar-refractivity contribution in [3.8, 4) is 0 Å². The fraction of sp³-hybridized carbons (Fsp3) is 0.722. The minimum Gasteiger partial charge on any atom is -0.390 e. The van der Waals surface area contributed by atoms with E-state index in [1.54, 1.807) is 6.92 Å². The highest BCUT2D eigenvalue weighted by Crippen LogP contribution is 2.16. The van der Waals surface area contributed by atoms with E-state index < -0.39 is 5.60 Å². The second kappa shape index (κ2) is 9.93. The molecule has 2 heteroatoms. The Balaban J connectivity index is 3.88. The second-order valence-electron chi connectivity index (χ2n) is 6.56. The topological polar surface area (TPSA) is 37.3 Å². The van der Waals surface area contributed by atoms with Gasteiger partial charge in [-0.1, -0.05) is 23.3 Å². The average Bonchev–Trinajstić information content (AvgIpc) is 2.26. The Labute approximate surface area is 125 Å². The molecule has 0 spiro atoms. The van der Waals surface area contributed by atoms with Crippen LogP contribution in [0.2, 0.25) is 0 Å². The second-order valence-corrected chi connectivity index (χ2v) is 6.56. The van der Waals surface area contributed by atoms with Crippen LogP contribution in [0.25, 0.3) is 0 Å². The lowest BCUT2D eigenvalue weighted by Crippen LogP contribution is -2.17. The molecule has 0 amide bonds. The zero-order chi connectivity index (χ0) is 15.6. The third kappa shape index (κ3) is 13.5. The first-order valence-electron chi connectivity index (χ1n) is 7.74. The maximum atomic E-state index is 10.9. The lowest BCUT2D eigenvalue weighted by molar-refractivity contribution is -0.117. The molecule has 0 saturated carbocycles. The summed E-state index contributed by atoms with van der Waals surface area (Å²) in [5.74, 6) is 0.278. The van der Waals surface area contributed by atoms with E-state index in [1.807, 2.05) is 13.8 Å². The predicted molar refractivity (Wildman–Crippen MR) is 86.8 cm³/mol. The van der Waals surface area contributed by atoms with Crippen LogP contribution < -0.4 is 0 Å². The van der Waals surface area contributed by atoms with Crippen molar-refractivity contribution in [3.05, 3.63) is 23.3 Å². The monoisotopic (exact) mass is 280 g/mol. The Morgan fingerprint density at radius 3 is 1.90 bits per heavy atom. The molecule has 0 saturated heterocycles. The van der Waals surface area contributed by atoms with Crippen molar-refractivity contribution >= 4 is 5.78 Å². The molecular formula is C18H32O2. The molecule has 0 heterocycles. The normalized spacial score (nSPS) is 13.7. The smallest absolute Gasteiger partial charge is 0.129 e. The number of aliphatic hydroxyl groups is 1. The highest BCUT2D eigenvalue weighted by atomic mass is 16.3. The summed E-state index contributed by atoms with van der Waals surface area (Å²) in [6, 6.07) is 0. The van der Waals surface area contributed by atoms with Gasteiger partial charge in [0.1, 0.15) is 5.78 Å². The van der Waals surface area contributed by atoms with Crippen molar-refractivity contribution in [2.24, 2.45) is 0 Å². The van der Waals surface area contributed by atoms with E-state index in [-0.39, 0.29) is 5.78 Å². The molecule has 0 aromatic carbocycles. The standard InChI is InChI=1S/C18H32O2/c1-15(11-7-13-17(3)19)9-6-10-16(2)12-8-14-18(4,5)20/h9-10,20H,6-8,11-14H2,1-5H3. The lowest BCUT2D eigenvalue weighted by atomic mass is 9.99. The van der Waals surface area contributed by atoms with E-state index in [2.05, 4.69) is 26.0 Å². The number of hydrogen-bond donors (Lipinski definition) is 1. The van der Waals surface area contributed by atoms with Gasteiger partial charge in [0.05, 0.1) is 5.60 Å². The zero-order valence-corrected chi connectivity index (χ0v) is 14.0. The molecule has 0 radical (unpaired) electrons. The van der Waals surface area contributed by atoms with Gasteiger partial charge in [0, 0.05) is 6.42 Å². The predicted octanol–water partition coefficient (Wildman–Crippen LogP) is 4.97. The molecule has 0 aliphatic rings. The number of ketones is 1. The Hall–Kier alpha value is -0.890. The molecule has 0 bridgehead atoms. The third-order valence-corrected chi connectivity index (χ3v) is 3.39. The van der Waals surface area contributed by atoms with Gasteiger partial charge in [0.25, 0.3) is 0 Å². The van der Waals surface area contributed by atoms with Gasteiger partial charge in [-0.15, -0.1) is 0 Å². The van der Waals surface area contributed by atoms with E-state index in [0.717, 1.165) is 38.5 Å². The lowest BCUT2D eigenvalue weighted by Gasteiger charge is -2.16. The molecule has 0 fully saturated rings. The molecular weight excluding hydrogens is 248 g/mol. The van der Waals surface area contributed by atoms with Crippen molar-refractivity contribution in [1.29, 1.82) is 0 Å². The first-order chi connectivity index (χ1) is 9.20. The van der Waals surface area contributed by atoms with Crippen LogP contribution in [0.1, 0.15) is 79.6 Å². The molecule has 20 heavy (non-hydrogen) atoms. The van der Waals surface area contributed by atoms with Gasteiger partial charge in [0.2, 0.25) is 0 Å². The Bertz CT molecular complexity index is 343. The van der Waals surface area contributed by atoms with E-state index >= 15 is 0 Å². The van der Waals surface area contributed by atoms with Gasteiger partial charge in [-0.3, -0.25) is 0 Å². The third-order valence-electron chi connectivity index (χ3n) is 3.39. The number of carbonyl (C=O) groups excluding carboxylic acids is 1. The minimum atomic E-state index is -0.548.